The van der Waals surface area contributed by atoms with Crippen LogP contribution >= 0.6 is 0 Å². The second-order valence-corrected chi connectivity index (χ2v) is 9.96. The third-order valence-corrected chi connectivity index (χ3v) is 7.95. The number of quaternary nitrogens is 1. The van der Waals surface area contributed by atoms with Gasteiger partial charge in [-0.15, -0.1) is 6.58 Å². The standard InChI is InChI=1S/C26H50NO/c1-3-5-6-7-8-9-10-11-12-13-14-15-16-17-19-27-20-18-25(21-26(27)23-28)24(4-2)22-27/h4,24-26,28H,2-3,5-23H2,1H3/q+1. The molecule has 0 saturated carbocycles. The van der Waals surface area contributed by atoms with E-state index in [9.17, 15) is 5.11 Å². The minimum Gasteiger partial charge on any atom is -0.390 e. The van der Waals surface area contributed by atoms with E-state index in [1.807, 2.05) is 0 Å². The quantitative estimate of drug-likeness (QED) is 0.163. The Bertz CT molecular complexity index is 409. The molecular weight excluding hydrogens is 342 g/mol. The van der Waals surface area contributed by atoms with Gasteiger partial charge in [0.15, 0.2) is 0 Å². The van der Waals surface area contributed by atoms with Crippen LogP contribution in [0.1, 0.15) is 110 Å². The first kappa shape index (κ1) is 23.9. The summed E-state index contributed by atoms with van der Waals surface area (Å²) in [6.07, 6.45) is 24.8. The molecule has 2 heteroatoms. The maximum Gasteiger partial charge on any atom is 0.113 e. The van der Waals surface area contributed by atoms with Gasteiger partial charge in [0.2, 0.25) is 0 Å². The second kappa shape index (κ2) is 13.8. The molecule has 3 rings (SSSR count). The van der Waals surface area contributed by atoms with E-state index in [-0.39, 0.29) is 0 Å². The minimum absolute atomic E-state index is 0.388. The molecule has 3 heterocycles. The summed E-state index contributed by atoms with van der Waals surface area (Å²) in [6, 6.07) is 0.511. The molecule has 2 bridgehead atoms. The van der Waals surface area contributed by atoms with Crippen LogP contribution in [0.2, 0.25) is 0 Å². The maximum absolute atomic E-state index is 9.91. The Morgan fingerprint density at radius 3 is 1.89 bits per heavy atom. The number of nitrogens with zero attached hydrogens (tertiary/aromatic N) is 1. The van der Waals surface area contributed by atoms with Crippen LogP contribution in [0.3, 0.4) is 0 Å². The van der Waals surface area contributed by atoms with Gasteiger partial charge in [0.1, 0.15) is 6.04 Å². The fraction of sp³-hybridized carbons (Fsp3) is 0.923. The Morgan fingerprint density at radius 1 is 0.857 bits per heavy atom. The number of aliphatic hydroxyl groups excluding tert-OH is 1. The monoisotopic (exact) mass is 392 g/mol. The predicted molar refractivity (Wildman–Crippen MR) is 122 cm³/mol. The Hall–Kier alpha value is -0.340. The molecule has 28 heavy (non-hydrogen) atoms. The number of fused-ring (bicyclic) bond motifs is 3. The van der Waals surface area contributed by atoms with Crippen LogP contribution < -0.4 is 0 Å². The van der Waals surface area contributed by atoms with Gasteiger partial charge >= 0.3 is 0 Å². The lowest BCUT2D eigenvalue weighted by molar-refractivity contribution is -0.969. The average molecular weight is 393 g/mol. The molecule has 4 atom stereocenters. The van der Waals surface area contributed by atoms with Crippen molar-refractivity contribution in [3.05, 3.63) is 12.7 Å². The van der Waals surface area contributed by atoms with Crippen LogP contribution in [0, 0.1) is 11.8 Å². The topological polar surface area (TPSA) is 20.2 Å². The van der Waals surface area contributed by atoms with Crippen molar-refractivity contribution in [1.29, 1.82) is 0 Å². The van der Waals surface area contributed by atoms with Crippen molar-refractivity contribution < 1.29 is 9.59 Å². The number of unbranched alkanes of at least 4 members (excludes halogenated alkanes) is 13. The second-order valence-electron chi connectivity index (χ2n) is 9.96. The van der Waals surface area contributed by atoms with Crippen molar-refractivity contribution >= 4 is 0 Å². The van der Waals surface area contributed by atoms with Crippen LogP contribution in [0.4, 0.5) is 0 Å². The summed E-state index contributed by atoms with van der Waals surface area (Å²) in [4.78, 5) is 0. The zero-order valence-corrected chi connectivity index (χ0v) is 19.1. The average Bonchev–Trinajstić information content (AvgIpc) is 2.74. The number of piperidine rings is 3. The summed E-state index contributed by atoms with van der Waals surface area (Å²) < 4.78 is 1.20. The molecule has 0 aromatic rings. The van der Waals surface area contributed by atoms with E-state index in [1.54, 1.807) is 0 Å². The van der Waals surface area contributed by atoms with E-state index in [1.165, 1.54) is 127 Å². The summed E-state index contributed by atoms with van der Waals surface area (Å²) in [5.41, 5.74) is 0. The summed E-state index contributed by atoms with van der Waals surface area (Å²) >= 11 is 0. The maximum atomic E-state index is 9.91. The van der Waals surface area contributed by atoms with E-state index in [0.29, 0.717) is 18.6 Å². The van der Waals surface area contributed by atoms with Gasteiger partial charge in [-0.25, -0.2) is 0 Å². The van der Waals surface area contributed by atoms with Gasteiger partial charge in [-0.3, -0.25) is 0 Å². The first-order chi connectivity index (χ1) is 13.8. The van der Waals surface area contributed by atoms with Gasteiger partial charge < -0.3 is 9.59 Å². The first-order valence-electron chi connectivity index (χ1n) is 12.8. The summed E-state index contributed by atoms with van der Waals surface area (Å²) in [5, 5.41) is 9.91. The third kappa shape index (κ3) is 7.48. The highest BCUT2D eigenvalue weighted by Crippen LogP contribution is 2.42. The van der Waals surface area contributed by atoms with E-state index >= 15 is 0 Å². The lowest BCUT2D eigenvalue weighted by Gasteiger charge is -2.56. The lowest BCUT2D eigenvalue weighted by Crippen LogP contribution is -2.67. The molecule has 1 N–H and O–H groups in total. The lowest BCUT2D eigenvalue weighted by atomic mass is 9.73. The Labute approximate surface area is 176 Å². The van der Waals surface area contributed by atoms with Gasteiger partial charge in [0.05, 0.1) is 26.2 Å². The SMILES string of the molecule is C=CC1C[N+]2(CCCCCCCCCCCCCCCC)CCC1CC2CO. The van der Waals surface area contributed by atoms with Gasteiger partial charge in [0.25, 0.3) is 0 Å². The van der Waals surface area contributed by atoms with Gasteiger partial charge in [-0.1, -0.05) is 90.0 Å². The van der Waals surface area contributed by atoms with E-state index < -0.39 is 0 Å². The number of aliphatic hydroxyl groups is 1. The first-order valence-corrected chi connectivity index (χ1v) is 12.8. The van der Waals surface area contributed by atoms with Crippen LogP contribution in [0.15, 0.2) is 12.7 Å². The molecule has 3 saturated heterocycles. The van der Waals surface area contributed by atoms with E-state index in [2.05, 4.69) is 19.6 Å². The predicted octanol–water partition coefficient (Wildman–Crippen LogP) is 6.87. The van der Waals surface area contributed by atoms with Gasteiger partial charge in [-0.05, 0) is 18.8 Å². The normalized spacial score (nSPS) is 29.3. The van der Waals surface area contributed by atoms with E-state index in [4.69, 9.17) is 0 Å². The molecule has 0 aromatic heterocycles. The smallest absolute Gasteiger partial charge is 0.113 e. The fourth-order valence-corrected chi connectivity index (χ4v) is 6.02. The highest BCUT2D eigenvalue weighted by molar-refractivity contribution is 4.93. The Kier molecular flexibility index (Phi) is 11.8. The molecule has 0 radical (unpaired) electrons. The number of hydrogen-bond acceptors (Lipinski definition) is 1. The highest BCUT2D eigenvalue weighted by Gasteiger charge is 2.50. The molecule has 3 aliphatic heterocycles. The molecule has 0 amide bonds. The summed E-state index contributed by atoms with van der Waals surface area (Å²) in [7, 11) is 0. The van der Waals surface area contributed by atoms with Crippen LogP contribution in [-0.2, 0) is 0 Å². The van der Waals surface area contributed by atoms with Crippen molar-refractivity contribution in [3.8, 4) is 0 Å². The zero-order valence-electron chi connectivity index (χ0n) is 19.1. The molecule has 0 aliphatic carbocycles. The van der Waals surface area contributed by atoms with Crippen molar-refractivity contribution in [2.75, 3.05) is 26.2 Å². The molecule has 3 aliphatic rings. The highest BCUT2D eigenvalue weighted by atomic mass is 16.3. The molecular formula is C26H50NO+. The third-order valence-electron chi connectivity index (χ3n) is 7.95. The molecule has 2 nitrogen and oxygen atoms in total. The van der Waals surface area contributed by atoms with Gasteiger partial charge in [0, 0.05) is 18.8 Å². The minimum atomic E-state index is 0.388. The van der Waals surface area contributed by atoms with Gasteiger partial charge in [-0.2, -0.15) is 0 Å². The summed E-state index contributed by atoms with van der Waals surface area (Å²) in [6.45, 7) is 10.6. The molecule has 164 valence electrons. The summed E-state index contributed by atoms with van der Waals surface area (Å²) in [5.74, 6) is 1.49. The fourth-order valence-electron chi connectivity index (χ4n) is 6.02. The van der Waals surface area contributed by atoms with Crippen LogP contribution in [0.25, 0.3) is 0 Å². The molecule has 0 spiro atoms. The molecule has 4 unspecified atom stereocenters. The van der Waals surface area contributed by atoms with Crippen molar-refractivity contribution in [3.63, 3.8) is 0 Å². The Morgan fingerprint density at radius 2 is 1.39 bits per heavy atom. The number of hydrogen-bond donors (Lipinski definition) is 1. The number of rotatable bonds is 17. The molecule has 0 aromatic carbocycles. The Balaban J connectivity index is 1.46. The van der Waals surface area contributed by atoms with E-state index in [0.717, 1.165) is 5.92 Å². The van der Waals surface area contributed by atoms with Crippen molar-refractivity contribution in [2.24, 2.45) is 11.8 Å². The largest absolute Gasteiger partial charge is 0.390 e. The zero-order chi connectivity index (χ0) is 20.1. The van der Waals surface area contributed by atoms with Crippen molar-refractivity contribution in [1.82, 2.24) is 0 Å². The molecule has 3 fully saturated rings. The van der Waals surface area contributed by atoms with Crippen LogP contribution in [-0.4, -0.2) is 41.9 Å². The van der Waals surface area contributed by atoms with Crippen molar-refractivity contribution in [2.45, 2.75) is 116 Å². The van der Waals surface area contributed by atoms with Crippen LogP contribution in [0.5, 0.6) is 0 Å².